The minimum Gasteiger partial charge on any atom is -0.481 e. The van der Waals surface area contributed by atoms with Crippen molar-refractivity contribution in [3.63, 3.8) is 0 Å². The second-order valence-corrected chi connectivity index (χ2v) is 9.05. The van der Waals surface area contributed by atoms with Gasteiger partial charge in [0.1, 0.15) is 12.2 Å². The second-order valence-electron chi connectivity index (χ2n) is 9.05. The molecule has 0 aliphatic heterocycles. The molecular formula is C27H33NO6. The monoisotopic (exact) mass is 467 g/mol. The fraction of sp³-hybridized carbons (Fsp3) is 0.370. The molecule has 34 heavy (non-hydrogen) atoms. The lowest BCUT2D eigenvalue weighted by atomic mass is 9.93. The van der Waals surface area contributed by atoms with Gasteiger partial charge in [-0.2, -0.15) is 0 Å². The van der Waals surface area contributed by atoms with Gasteiger partial charge in [0.15, 0.2) is 0 Å². The largest absolute Gasteiger partial charge is 0.481 e. The van der Waals surface area contributed by atoms with E-state index in [4.69, 9.17) is 9.47 Å². The van der Waals surface area contributed by atoms with Crippen LogP contribution >= 0.6 is 0 Å². The van der Waals surface area contributed by atoms with Crippen molar-refractivity contribution in [3.8, 4) is 0 Å². The van der Waals surface area contributed by atoms with Gasteiger partial charge < -0.3 is 19.5 Å². The van der Waals surface area contributed by atoms with Crippen molar-refractivity contribution in [3.05, 3.63) is 84.4 Å². The molecule has 0 aromatic heterocycles. The predicted molar refractivity (Wildman–Crippen MR) is 129 cm³/mol. The van der Waals surface area contributed by atoms with Crippen LogP contribution in [0.5, 0.6) is 0 Å². The lowest BCUT2D eigenvalue weighted by molar-refractivity contribution is -0.159. The van der Waals surface area contributed by atoms with Gasteiger partial charge in [-0.1, -0.05) is 66.7 Å². The molecule has 1 unspecified atom stereocenters. The standard InChI is InChI=1S/C27H33NO6/c1-5-22(25(31)34-27(2,3)4)16-23(24(29)30)18-28(17-20-12-8-6-9-13-20)26(32)33-19-21-14-10-7-11-15-21/h5-15,22-23H,1,16-19H2,2-4H3,(H,29,30)/t22?,23-/m1/s1. The molecule has 0 heterocycles. The maximum absolute atomic E-state index is 13.0. The van der Waals surface area contributed by atoms with Crippen molar-refractivity contribution in [2.24, 2.45) is 11.8 Å². The van der Waals surface area contributed by atoms with Crippen LogP contribution in [0.3, 0.4) is 0 Å². The maximum atomic E-state index is 13.0. The van der Waals surface area contributed by atoms with Crippen molar-refractivity contribution in [2.45, 2.75) is 45.9 Å². The lowest BCUT2D eigenvalue weighted by Gasteiger charge is -2.28. The first-order valence-electron chi connectivity index (χ1n) is 11.2. The molecule has 0 fully saturated rings. The van der Waals surface area contributed by atoms with Crippen LogP contribution < -0.4 is 0 Å². The van der Waals surface area contributed by atoms with Crippen LogP contribution in [0.1, 0.15) is 38.3 Å². The van der Waals surface area contributed by atoms with E-state index in [2.05, 4.69) is 6.58 Å². The Labute approximate surface area is 201 Å². The van der Waals surface area contributed by atoms with Gasteiger partial charge in [0, 0.05) is 13.1 Å². The van der Waals surface area contributed by atoms with Crippen LogP contribution in [0.15, 0.2) is 73.3 Å². The zero-order valence-corrected chi connectivity index (χ0v) is 20.0. The number of hydrogen-bond donors (Lipinski definition) is 1. The van der Waals surface area contributed by atoms with Crippen LogP contribution in [0.25, 0.3) is 0 Å². The molecule has 0 aliphatic carbocycles. The minimum absolute atomic E-state index is 0.0506. The van der Waals surface area contributed by atoms with Gasteiger partial charge >= 0.3 is 18.0 Å². The summed E-state index contributed by atoms with van der Waals surface area (Å²) in [7, 11) is 0. The Bertz CT molecular complexity index is 952. The number of carboxylic acids is 1. The van der Waals surface area contributed by atoms with Crippen molar-refractivity contribution in [2.75, 3.05) is 6.54 Å². The van der Waals surface area contributed by atoms with Gasteiger partial charge in [-0.05, 0) is 38.3 Å². The van der Waals surface area contributed by atoms with E-state index in [9.17, 15) is 19.5 Å². The molecule has 0 radical (unpaired) electrons. The summed E-state index contributed by atoms with van der Waals surface area (Å²) < 4.78 is 10.9. The molecule has 0 aliphatic rings. The summed E-state index contributed by atoms with van der Waals surface area (Å²) in [5, 5.41) is 9.87. The Hall–Kier alpha value is -3.61. The Morgan fingerprint density at radius 3 is 2.06 bits per heavy atom. The molecule has 1 amide bonds. The number of benzene rings is 2. The number of carboxylic acid groups (broad SMARTS) is 1. The number of amides is 1. The van der Waals surface area contributed by atoms with Gasteiger partial charge in [0.25, 0.3) is 0 Å². The summed E-state index contributed by atoms with van der Waals surface area (Å²) >= 11 is 0. The van der Waals surface area contributed by atoms with E-state index >= 15 is 0 Å². The molecule has 2 aromatic rings. The average Bonchev–Trinajstić information content (AvgIpc) is 2.79. The van der Waals surface area contributed by atoms with E-state index < -0.39 is 35.5 Å². The molecule has 7 nitrogen and oxygen atoms in total. The number of carbonyl (C=O) groups excluding carboxylic acids is 2. The Kier molecular flexibility index (Phi) is 9.86. The van der Waals surface area contributed by atoms with Crippen molar-refractivity contribution < 1.29 is 29.0 Å². The molecule has 7 heteroatoms. The number of carbonyl (C=O) groups is 3. The third-order valence-corrected chi connectivity index (χ3v) is 5.00. The lowest BCUT2D eigenvalue weighted by Crippen LogP contribution is -2.39. The molecule has 0 saturated heterocycles. The van der Waals surface area contributed by atoms with E-state index in [0.717, 1.165) is 11.1 Å². The van der Waals surface area contributed by atoms with E-state index in [1.54, 1.807) is 20.8 Å². The number of nitrogens with zero attached hydrogens (tertiary/aromatic N) is 1. The molecule has 182 valence electrons. The molecule has 1 N–H and O–H groups in total. The maximum Gasteiger partial charge on any atom is 0.410 e. The second kappa shape index (κ2) is 12.6. The molecule has 0 spiro atoms. The van der Waals surface area contributed by atoms with Crippen LogP contribution in [0.2, 0.25) is 0 Å². The highest BCUT2D eigenvalue weighted by Gasteiger charge is 2.31. The molecule has 2 aromatic carbocycles. The van der Waals surface area contributed by atoms with Crippen molar-refractivity contribution in [1.29, 1.82) is 0 Å². The van der Waals surface area contributed by atoms with E-state index in [-0.39, 0.29) is 26.1 Å². The predicted octanol–water partition coefficient (Wildman–Crippen LogP) is 5.06. The van der Waals surface area contributed by atoms with Crippen molar-refractivity contribution in [1.82, 2.24) is 4.90 Å². The fourth-order valence-corrected chi connectivity index (χ4v) is 3.31. The van der Waals surface area contributed by atoms with Crippen LogP contribution in [0, 0.1) is 11.8 Å². The van der Waals surface area contributed by atoms with E-state index in [1.165, 1.54) is 11.0 Å². The van der Waals surface area contributed by atoms with Gasteiger partial charge in [0.05, 0.1) is 11.8 Å². The summed E-state index contributed by atoms with van der Waals surface area (Å²) in [6.45, 7) is 8.99. The van der Waals surface area contributed by atoms with E-state index in [1.807, 2.05) is 60.7 Å². The van der Waals surface area contributed by atoms with Crippen LogP contribution in [0.4, 0.5) is 4.79 Å². The number of ether oxygens (including phenoxy) is 2. The first-order chi connectivity index (χ1) is 16.1. The number of rotatable bonds is 11. The van der Waals surface area contributed by atoms with Crippen molar-refractivity contribution >= 4 is 18.0 Å². The first kappa shape index (κ1) is 26.6. The highest BCUT2D eigenvalue weighted by atomic mass is 16.6. The summed E-state index contributed by atoms with van der Waals surface area (Å²) in [6, 6.07) is 18.5. The molecular weight excluding hydrogens is 434 g/mol. The number of aliphatic carboxylic acids is 1. The highest BCUT2D eigenvalue weighted by molar-refractivity contribution is 5.77. The summed E-state index contributed by atoms with van der Waals surface area (Å²) in [5.41, 5.74) is 0.940. The van der Waals surface area contributed by atoms with E-state index in [0.29, 0.717) is 0 Å². The van der Waals surface area contributed by atoms with Gasteiger partial charge in [-0.3, -0.25) is 9.59 Å². The Morgan fingerprint density at radius 2 is 1.56 bits per heavy atom. The summed E-state index contributed by atoms with van der Waals surface area (Å²) in [6.07, 6.45) is 0.705. The topological polar surface area (TPSA) is 93.1 Å². The number of esters is 1. The smallest absolute Gasteiger partial charge is 0.410 e. The van der Waals surface area contributed by atoms with Crippen LogP contribution in [-0.2, 0) is 32.2 Å². The SMILES string of the molecule is C=CC(C[C@H](CN(Cc1ccccc1)C(=O)OCc1ccccc1)C(=O)O)C(=O)OC(C)(C)C. The Morgan fingerprint density at radius 1 is 1.00 bits per heavy atom. The summed E-state index contributed by atoms with van der Waals surface area (Å²) in [5.74, 6) is -3.51. The zero-order chi connectivity index (χ0) is 25.1. The molecule has 2 rings (SSSR count). The highest BCUT2D eigenvalue weighted by Crippen LogP contribution is 2.21. The molecule has 2 atom stereocenters. The fourth-order valence-electron chi connectivity index (χ4n) is 3.31. The molecule has 0 bridgehead atoms. The zero-order valence-electron chi connectivity index (χ0n) is 20.0. The third-order valence-electron chi connectivity index (χ3n) is 5.00. The Balaban J connectivity index is 2.17. The minimum atomic E-state index is -1.12. The van der Waals surface area contributed by atoms with Gasteiger partial charge in [-0.25, -0.2) is 4.79 Å². The summed E-state index contributed by atoms with van der Waals surface area (Å²) in [4.78, 5) is 38.9. The van der Waals surface area contributed by atoms with Gasteiger partial charge in [0.2, 0.25) is 0 Å². The average molecular weight is 468 g/mol. The van der Waals surface area contributed by atoms with Gasteiger partial charge in [-0.15, -0.1) is 6.58 Å². The third kappa shape index (κ3) is 9.10. The number of hydrogen-bond acceptors (Lipinski definition) is 5. The quantitative estimate of drug-likeness (QED) is 0.367. The van der Waals surface area contributed by atoms with Crippen LogP contribution in [-0.4, -0.2) is 40.2 Å². The first-order valence-corrected chi connectivity index (χ1v) is 11.2. The normalized spacial score (nSPS) is 12.8. The molecule has 0 saturated carbocycles.